The molecular weight excluding hydrogens is 430 g/mol. The Bertz CT molecular complexity index is 887. The number of hydrogen-bond donors (Lipinski definition) is 2. The van der Waals surface area contributed by atoms with Gasteiger partial charge in [0.2, 0.25) is 5.91 Å². The molecule has 2 saturated heterocycles. The summed E-state index contributed by atoms with van der Waals surface area (Å²) in [6, 6.07) is 5.59. The smallest absolute Gasteiger partial charge is 0.317 e. The molecule has 2 fully saturated rings. The van der Waals surface area contributed by atoms with Gasteiger partial charge in [0, 0.05) is 62.1 Å². The van der Waals surface area contributed by atoms with Crippen LogP contribution >= 0.6 is 0 Å². The number of carbonyl (C=O) groups excluding carboxylic acids is 3. The van der Waals surface area contributed by atoms with E-state index in [-0.39, 0.29) is 29.3 Å². The maximum atomic E-state index is 13.6. The molecule has 0 aromatic heterocycles. The van der Waals surface area contributed by atoms with Gasteiger partial charge in [0.05, 0.1) is 5.56 Å². The minimum Gasteiger partial charge on any atom is -0.369 e. The van der Waals surface area contributed by atoms with Crippen LogP contribution in [-0.4, -0.2) is 72.5 Å². The summed E-state index contributed by atoms with van der Waals surface area (Å²) in [4.78, 5) is 44.5. The Kier molecular flexibility index (Phi) is 8.44. The highest BCUT2D eigenvalue weighted by Gasteiger charge is 2.27. The number of amides is 4. The van der Waals surface area contributed by atoms with Crippen LogP contribution in [0.1, 0.15) is 70.7 Å². The number of nitrogens with one attached hydrogen (secondary N) is 2. The van der Waals surface area contributed by atoms with E-state index in [2.05, 4.69) is 15.5 Å². The number of hydrogen-bond acceptors (Lipinski definition) is 4. The van der Waals surface area contributed by atoms with E-state index in [4.69, 9.17) is 0 Å². The van der Waals surface area contributed by atoms with Crippen molar-refractivity contribution in [3.63, 3.8) is 0 Å². The van der Waals surface area contributed by atoms with Gasteiger partial charge >= 0.3 is 6.03 Å². The first-order chi connectivity index (χ1) is 16.0. The number of likely N-dealkylation sites (tertiary alicyclic amines) is 1. The molecule has 0 bridgehead atoms. The molecule has 0 radical (unpaired) electrons. The van der Waals surface area contributed by atoms with Crippen molar-refractivity contribution in [2.45, 2.75) is 65.8 Å². The molecule has 2 aliphatic rings. The van der Waals surface area contributed by atoms with E-state index in [0.717, 1.165) is 51.0 Å². The summed E-state index contributed by atoms with van der Waals surface area (Å²) in [7, 11) is 0. The Morgan fingerprint density at radius 2 is 1.53 bits per heavy atom. The lowest BCUT2D eigenvalue weighted by molar-refractivity contribution is -0.118. The molecule has 2 aliphatic heterocycles. The number of carbonyl (C=O) groups is 3. The van der Waals surface area contributed by atoms with E-state index < -0.39 is 0 Å². The molecule has 2 heterocycles. The maximum Gasteiger partial charge on any atom is 0.317 e. The van der Waals surface area contributed by atoms with Crippen LogP contribution in [0, 0.1) is 5.92 Å². The molecule has 0 aliphatic carbocycles. The van der Waals surface area contributed by atoms with E-state index in [1.165, 1.54) is 0 Å². The van der Waals surface area contributed by atoms with Gasteiger partial charge in [-0.25, -0.2) is 4.79 Å². The predicted octanol–water partition coefficient (Wildman–Crippen LogP) is 3.93. The van der Waals surface area contributed by atoms with Crippen LogP contribution in [0.15, 0.2) is 18.2 Å². The molecule has 3 rings (SSSR count). The molecule has 0 spiro atoms. The van der Waals surface area contributed by atoms with Crippen LogP contribution in [0.3, 0.4) is 0 Å². The van der Waals surface area contributed by atoms with Gasteiger partial charge in [0.25, 0.3) is 5.91 Å². The van der Waals surface area contributed by atoms with Gasteiger partial charge in [-0.15, -0.1) is 0 Å². The number of piperidine rings is 1. The first kappa shape index (κ1) is 25.8. The third-order valence-electron chi connectivity index (χ3n) is 6.27. The van der Waals surface area contributed by atoms with Gasteiger partial charge in [-0.05, 0) is 64.7 Å². The van der Waals surface area contributed by atoms with E-state index >= 15 is 0 Å². The summed E-state index contributed by atoms with van der Waals surface area (Å²) >= 11 is 0. The number of anilines is 2. The van der Waals surface area contributed by atoms with Crippen LogP contribution in [0.2, 0.25) is 0 Å². The quantitative estimate of drug-likeness (QED) is 0.697. The second-order valence-electron chi connectivity index (χ2n) is 10.7. The Balaban J connectivity index is 1.83. The van der Waals surface area contributed by atoms with Crippen LogP contribution < -0.4 is 15.5 Å². The van der Waals surface area contributed by atoms with Crippen molar-refractivity contribution in [1.82, 2.24) is 15.1 Å². The van der Waals surface area contributed by atoms with E-state index in [1.807, 2.05) is 62.6 Å². The molecule has 1 aromatic carbocycles. The molecule has 8 heteroatoms. The predicted molar refractivity (Wildman–Crippen MR) is 136 cm³/mol. The minimum absolute atomic E-state index is 0.0157. The van der Waals surface area contributed by atoms with Crippen molar-refractivity contribution < 1.29 is 14.4 Å². The third-order valence-corrected chi connectivity index (χ3v) is 6.27. The highest BCUT2D eigenvalue weighted by Crippen LogP contribution is 2.28. The summed E-state index contributed by atoms with van der Waals surface area (Å²) in [6.45, 7) is 13.8. The fraction of sp³-hybridized carbons (Fsp3) is 0.654. The van der Waals surface area contributed by atoms with Gasteiger partial charge in [-0.1, -0.05) is 13.8 Å². The first-order valence-corrected chi connectivity index (χ1v) is 12.6. The number of nitrogens with zero attached hydrogens (tertiary/aromatic N) is 3. The Hall–Kier alpha value is -2.77. The van der Waals surface area contributed by atoms with Gasteiger partial charge in [0.1, 0.15) is 0 Å². The lowest BCUT2D eigenvalue weighted by Crippen LogP contribution is -2.49. The van der Waals surface area contributed by atoms with Crippen molar-refractivity contribution in [3.8, 4) is 0 Å². The van der Waals surface area contributed by atoms with Gasteiger partial charge < -0.3 is 25.3 Å². The van der Waals surface area contributed by atoms with E-state index in [0.29, 0.717) is 30.9 Å². The molecule has 8 nitrogen and oxygen atoms in total. The van der Waals surface area contributed by atoms with Crippen molar-refractivity contribution in [2.75, 3.05) is 49.5 Å². The highest BCUT2D eigenvalue weighted by molar-refractivity contribution is 6.02. The standard InChI is InChI=1S/C26H41N5O3/c1-19(2)23(32)27-20-10-11-22(21(18-20)24(33)30-12-7-6-8-13-30)29-14-9-15-31(17-16-29)25(34)28-26(3,4)5/h10-11,18-19H,6-9,12-17H2,1-5H3,(H,27,32)(H,28,34). The zero-order valence-electron chi connectivity index (χ0n) is 21.4. The monoisotopic (exact) mass is 471 g/mol. The fourth-order valence-corrected chi connectivity index (χ4v) is 4.38. The molecule has 4 amide bonds. The number of rotatable bonds is 4. The van der Waals surface area contributed by atoms with Crippen LogP contribution in [0.4, 0.5) is 16.2 Å². The highest BCUT2D eigenvalue weighted by atomic mass is 16.2. The van der Waals surface area contributed by atoms with Crippen molar-refractivity contribution in [2.24, 2.45) is 5.92 Å². The fourth-order valence-electron chi connectivity index (χ4n) is 4.38. The Morgan fingerprint density at radius 1 is 0.853 bits per heavy atom. The van der Waals surface area contributed by atoms with Gasteiger partial charge in [0.15, 0.2) is 0 Å². The van der Waals surface area contributed by atoms with Crippen LogP contribution in [0.5, 0.6) is 0 Å². The normalized spacial score (nSPS) is 17.4. The van der Waals surface area contributed by atoms with Gasteiger partial charge in [-0.2, -0.15) is 0 Å². The summed E-state index contributed by atoms with van der Waals surface area (Å²) in [5, 5.41) is 5.98. The first-order valence-electron chi connectivity index (χ1n) is 12.6. The summed E-state index contributed by atoms with van der Waals surface area (Å²) in [5.74, 6) is -0.196. The van der Waals surface area contributed by atoms with Crippen molar-refractivity contribution in [3.05, 3.63) is 23.8 Å². The molecule has 0 saturated carbocycles. The number of urea groups is 1. The molecule has 0 unspecified atom stereocenters. The number of benzene rings is 1. The minimum atomic E-state index is -0.284. The van der Waals surface area contributed by atoms with Gasteiger partial charge in [-0.3, -0.25) is 9.59 Å². The lowest BCUT2D eigenvalue weighted by Gasteiger charge is -2.31. The van der Waals surface area contributed by atoms with Crippen LogP contribution in [0.25, 0.3) is 0 Å². The molecule has 34 heavy (non-hydrogen) atoms. The molecule has 0 atom stereocenters. The molecule has 1 aromatic rings. The second kappa shape index (κ2) is 11.1. The average Bonchev–Trinajstić information content (AvgIpc) is 3.04. The largest absolute Gasteiger partial charge is 0.369 e. The van der Waals surface area contributed by atoms with Crippen molar-refractivity contribution in [1.29, 1.82) is 0 Å². The lowest BCUT2D eigenvalue weighted by atomic mass is 10.1. The van der Waals surface area contributed by atoms with Crippen LogP contribution in [-0.2, 0) is 4.79 Å². The SMILES string of the molecule is CC(C)C(=O)Nc1ccc(N2CCCN(C(=O)NC(C)(C)C)CC2)c(C(=O)N2CCCCC2)c1. The Labute approximate surface area is 204 Å². The van der Waals surface area contributed by atoms with Crippen molar-refractivity contribution >= 4 is 29.2 Å². The van der Waals surface area contributed by atoms with E-state index in [1.54, 1.807) is 0 Å². The summed E-state index contributed by atoms with van der Waals surface area (Å²) in [6.07, 6.45) is 4.01. The molecular formula is C26H41N5O3. The third kappa shape index (κ3) is 6.87. The zero-order chi connectivity index (χ0) is 24.9. The van der Waals surface area contributed by atoms with E-state index in [9.17, 15) is 14.4 Å². The average molecular weight is 472 g/mol. The Morgan fingerprint density at radius 3 is 2.18 bits per heavy atom. The molecule has 2 N–H and O–H groups in total. The summed E-state index contributed by atoms with van der Waals surface area (Å²) < 4.78 is 0. The zero-order valence-corrected chi connectivity index (χ0v) is 21.4. The molecule has 188 valence electrons. The summed E-state index contributed by atoms with van der Waals surface area (Å²) in [5.41, 5.74) is 1.85. The topological polar surface area (TPSA) is 85.0 Å². The second-order valence-corrected chi connectivity index (χ2v) is 10.7. The maximum absolute atomic E-state index is 13.6.